The van der Waals surface area contributed by atoms with Crippen LogP contribution in [0.2, 0.25) is 0 Å². The molecule has 0 unspecified atom stereocenters. The number of hydrogen-bond acceptors (Lipinski definition) is 6. The summed E-state index contributed by atoms with van der Waals surface area (Å²) in [5, 5.41) is 16.9. The maximum Gasteiger partial charge on any atom is 0.256 e. The Morgan fingerprint density at radius 1 is 1.11 bits per heavy atom. The van der Waals surface area contributed by atoms with Gasteiger partial charge in [0.15, 0.2) is 0 Å². The van der Waals surface area contributed by atoms with Crippen molar-refractivity contribution in [3.63, 3.8) is 0 Å². The van der Waals surface area contributed by atoms with Crippen LogP contribution < -0.4 is 10.6 Å². The number of nitrogens with one attached hydrogen (secondary N) is 2. The lowest BCUT2D eigenvalue weighted by atomic mass is 9.81. The van der Waals surface area contributed by atoms with Gasteiger partial charge in [0.2, 0.25) is 10.0 Å². The van der Waals surface area contributed by atoms with Crippen molar-refractivity contribution in [3.05, 3.63) is 45.8 Å². The molecule has 1 amide bonds. The molecule has 3 rings (SSSR count). The third kappa shape index (κ3) is 6.00. The highest BCUT2D eigenvalue weighted by molar-refractivity contribution is 7.89. The number of benzene rings is 1. The number of thiophene rings is 1. The highest BCUT2D eigenvalue weighted by atomic mass is 32.2. The van der Waals surface area contributed by atoms with E-state index in [-0.39, 0.29) is 33.7 Å². The van der Waals surface area contributed by atoms with Gasteiger partial charge in [-0.25, -0.2) is 8.42 Å². The lowest BCUT2D eigenvalue weighted by Gasteiger charge is -2.42. The molecular weight excluding hydrogens is 492 g/mol. The third-order valence-corrected chi connectivity index (χ3v) is 9.39. The summed E-state index contributed by atoms with van der Waals surface area (Å²) in [4.78, 5) is 14.3. The molecule has 0 spiro atoms. The van der Waals surface area contributed by atoms with Crippen molar-refractivity contribution in [2.24, 2.45) is 11.8 Å². The van der Waals surface area contributed by atoms with E-state index in [1.807, 2.05) is 27.7 Å². The fraction of sp³-hybridized carbons (Fsp3) is 0.556. The Hall–Kier alpha value is -2.25. The van der Waals surface area contributed by atoms with E-state index in [9.17, 15) is 18.5 Å². The molecule has 0 saturated carbocycles. The van der Waals surface area contributed by atoms with Crippen LogP contribution in [-0.4, -0.2) is 37.3 Å². The van der Waals surface area contributed by atoms with Crippen LogP contribution in [-0.2, 0) is 22.0 Å². The molecule has 0 atom stereocenters. The zero-order valence-corrected chi connectivity index (χ0v) is 24.2. The Bertz CT molecular complexity index is 1260. The van der Waals surface area contributed by atoms with E-state index < -0.39 is 10.0 Å². The lowest BCUT2D eigenvalue weighted by molar-refractivity contribution is 0.102. The van der Waals surface area contributed by atoms with Gasteiger partial charge in [-0.15, -0.1) is 11.3 Å². The van der Waals surface area contributed by atoms with Gasteiger partial charge in [0.05, 0.1) is 10.5 Å². The van der Waals surface area contributed by atoms with Crippen molar-refractivity contribution >= 4 is 32.3 Å². The Kier molecular flexibility index (Phi) is 8.07. The summed E-state index contributed by atoms with van der Waals surface area (Å²) in [7, 11) is -3.68. The number of carbonyl (C=O) groups is 1. The molecule has 2 N–H and O–H groups in total. The minimum absolute atomic E-state index is 0.166. The van der Waals surface area contributed by atoms with Crippen molar-refractivity contribution in [1.82, 2.24) is 9.62 Å². The van der Waals surface area contributed by atoms with Gasteiger partial charge in [0.1, 0.15) is 11.1 Å². The molecule has 196 valence electrons. The number of nitriles is 1. The number of sulfonamides is 1. The number of nitrogens with zero attached hydrogens (tertiary/aromatic N) is 2. The molecule has 1 aliphatic heterocycles. The van der Waals surface area contributed by atoms with Crippen LogP contribution >= 0.6 is 11.3 Å². The second-order valence-electron chi connectivity index (χ2n) is 11.6. The van der Waals surface area contributed by atoms with Gasteiger partial charge in [-0.1, -0.05) is 27.7 Å². The maximum atomic E-state index is 13.3. The number of anilines is 1. The summed E-state index contributed by atoms with van der Waals surface area (Å²) in [6, 6.07) is 8.31. The molecule has 2 heterocycles. The predicted octanol–water partition coefficient (Wildman–Crippen LogP) is 5.33. The molecule has 0 fully saturated rings. The molecule has 0 saturated heterocycles. The van der Waals surface area contributed by atoms with Gasteiger partial charge in [0, 0.05) is 34.6 Å². The molecule has 9 heteroatoms. The summed E-state index contributed by atoms with van der Waals surface area (Å²) in [5.74, 6) is 0.0147. The average Bonchev–Trinajstić information content (AvgIpc) is 3.08. The minimum Gasteiger partial charge on any atom is -0.312 e. The summed E-state index contributed by atoms with van der Waals surface area (Å²) >= 11 is 1.42. The molecule has 2 aromatic rings. The van der Waals surface area contributed by atoms with E-state index in [0.717, 1.165) is 10.4 Å². The molecule has 1 aromatic carbocycles. The second kappa shape index (κ2) is 10.3. The zero-order valence-electron chi connectivity index (χ0n) is 22.5. The first-order valence-corrected chi connectivity index (χ1v) is 14.6. The van der Waals surface area contributed by atoms with Gasteiger partial charge in [-0.05, 0) is 75.8 Å². The fourth-order valence-corrected chi connectivity index (χ4v) is 7.91. The van der Waals surface area contributed by atoms with Crippen LogP contribution in [0.4, 0.5) is 5.00 Å². The van der Waals surface area contributed by atoms with Gasteiger partial charge >= 0.3 is 0 Å². The molecule has 7 nitrogen and oxygen atoms in total. The molecule has 0 bridgehead atoms. The van der Waals surface area contributed by atoms with Crippen molar-refractivity contribution in [2.75, 3.05) is 18.4 Å². The van der Waals surface area contributed by atoms with Crippen LogP contribution in [0.25, 0.3) is 0 Å². The average molecular weight is 531 g/mol. The fourth-order valence-electron chi connectivity index (χ4n) is 4.92. The van der Waals surface area contributed by atoms with E-state index >= 15 is 0 Å². The van der Waals surface area contributed by atoms with Gasteiger partial charge in [-0.3, -0.25) is 4.79 Å². The SMILES string of the molecule is CC(C)CN(CC(C)C)S(=O)(=O)c1ccc(C(=O)Nc2sc3c(c2C#N)CC(C)(C)NC3(C)C)cc1. The monoisotopic (exact) mass is 530 g/mol. The summed E-state index contributed by atoms with van der Waals surface area (Å²) in [5.41, 5.74) is 1.31. The maximum absolute atomic E-state index is 13.3. The molecule has 0 aliphatic carbocycles. The Labute approximate surface area is 220 Å². The van der Waals surface area contributed by atoms with Gasteiger partial charge < -0.3 is 10.6 Å². The number of carbonyl (C=O) groups excluding carboxylic acids is 1. The van der Waals surface area contributed by atoms with Crippen LogP contribution in [0, 0.1) is 23.2 Å². The van der Waals surface area contributed by atoms with E-state index in [2.05, 4.69) is 44.4 Å². The molecular formula is C27H38N4O3S2. The summed E-state index contributed by atoms with van der Waals surface area (Å²) in [6.07, 6.45) is 0.691. The standard InChI is InChI=1S/C27H38N4O3S2/c1-17(2)15-31(16-18(3)4)36(33,34)20-11-9-19(10-12-20)24(32)29-25-22(14-28)21-13-26(5,6)30-27(7,8)23(21)35-25/h9-12,17-18,30H,13,15-16H2,1-8H3,(H,29,32). The van der Waals surface area contributed by atoms with Gasteiger partial charge in [-0.2, -0.15) is 9.57 Å². The number of amides is 1. The Morgan fingerprint density at radius 2 is 1.67 bits per heavy atom. The Morgan fingerprint density at radius 3 is 2.17 bits per heavy atom. The first kappa shape index (κ1) is 28.3. The number of fused-ring (bicyclic) bond motifs is 1. The first-order chi connectivity index (χ1) is 16.6. The first-order valence-electron chi connectivity index (χ1n) is 12.3. The summed E-state index contributed by atoms with van der Waals surface area (Å²) < 4.78 is 28.1. The van der Waals surface area contributed by atoms with E-state index in [1.165, 1.54) is 39.9 Å². The topological polar surface area (TPSA) is 102 Å². The normalized spacial score (nSPS) is 16.7. The predicted molar refractivity (Wildman–Crippen MR) is 146 cm³/mol. The molecule has 1 aromatic heterocycles. The molecule has 0 radical (unpaired) electrons. The quantitative estimate of drug-likeness (QED) is 0.480. The van der Waals surface area contributed by atoms with Crippen molar-refractivity contribution in [3.8, 4) is 6.07 Å². The smallest absolute Gasteiger partial charge is 0.256 e. The highest BCUT2D eigenvalue weighted by Crippen LogP contribution is 2.44. The van der Waals surface area contributed by atoms with E-state index in [4.69, 9.17) is 0 Å². The van der Waals surface area contributed by atoms with Crippen molar-refractivity contribution in [2.45, 2.75) is 77.8 Å². The third-order valence-electron chi connectivity index (χ3n) is 6.08. The van der Waals surface area contributed by atoms with Crippen LogP contribution in [0.5, 0.6) is 0 Å². The van der Waals surface area contributed by atoms with Crippen LogP contribution in [0.15, 0.2) is 29.2 Å². The largest absolute Gasteiger partial charge is 0.312 e. The van der Waals surface area contributed by atoms with Crippen LogP contribution in [0.3, 0.4) is 0 Å². The second-order valence-corrected chi connectivity index (χ2v) is 14.6. The van der Waals surface area contributed by atoms with E-state index in [1.54, 1.807) is 0 Å². The highest BCUT2D eigenvalue weighted by Gasteiger charge is 2.40. The van der Waals surface area contributed by atoms with E-state index in [0.29, 0.717) is 35.6 Å². The minimum atomic E-state index is -3.68. The molecule has 36 heavy (non-hydrogen) atoms. The molecule has 1 aliphatic rings. The van der Waals surface area contributed by atoms with Crippen molar-refractivity contribution < 1.29 is 13.2 Å². The zero-order chi connectivity index (χ0) is 27.1. The Balaban J connectivity index is 1.87. The van der Waals surface area contributed by atoms with Crippen molar-refractivity contribution in [1.29, 1.82) is 5.26 Å². The lowest BCUT2D eigenvalue weighted by Crippen LogP contribution is -2.54. The summed E-state index contributed by atoms with van der Waals surface area (Å²) in [6.45, 7) is 17.2. The number of hydrogen-bond donors (Lipinski definition) is 2. The van der Waals surface area contributed by atoms with Crippen LogP contribution in [0.1, 0.15) is 81.8 Å². The number of rotatable bonds is 8. The van der Waals surface area contributed by atoms with Gasteiger partial charge in [0.25, 0.3) is 5.91 Å².